The quantitative estimate of drug-likeness (QED) is 0.914. The number of nitrogen functional groups attached to an aromatic ring is 1. The Labute approximate surface area is 113 Å². The molecule has 1 saturated carbocycles. The fourth-order valence-electron chi connectivity index (χ4n) is 2.16. The average molecular weight is 254 g/mol. The van der Waals surface area contributed by atoms with Gasteiger partial charge in [-0.1, -0.05) is 18.2 Å². The Morgan fingerprint density at radius 1 is 1.11 bits per heavy atom. The molecule has 98 valence electrons. The minimum absolute atomic E-state index is 0.343. The molecular formula is C15H18N4. The highest BCUT2D eigenvalue weighted by molar-refractivity contribution is 5.32. The smallest absolute Gasteiger partial charge is 0.223 e. The molecule has 4 nitrogen and oxygen atoms in total. The zero-order valence-corrected chi connectivity index (χ0v) is 11.3. The molecule has 1 heterocycles. The Balaban J connectivity index is 1.87. The van der Waals surface area contributed by atoms with Gasteiger partial charge in [0.2, 0.25) is 5.95 Å². The summed E-state index contributed by atoms with van der Waals surface area (Å²) in [5, 5.41) is 0. The number of nitrogens with two attached hydrogens (primary N) is 1. The Bertz CT molecular complexity index is 618. The van der Waals surface area contributed by atoms with Crippen molar-refractivity contribution in [1.82, 2.24) is 15.0 Å². The van der Waals surface area contributed by atoms with Gasteiger partial charge in [0.25, 0.3) is 0 Å². The number of aryl methyl sites for hydroxylation is 2. The topological polar surface area (TPSA) is 64.7 Å². The van der Waals surface area contributed by atoms with Gasteiger partial charge in [-0.3, -0.25) is 0 Å². The van der Waals surface area contributed by atoms with Crippen molar-refractivity contribution in [2.75, 3.05) is 5.73 Å². The van der Waals surface area contributed by atoms with Crippen LogP contribution in [-0.2, 0) is 6.42 Å². The second-order valence-corrected chi connectivity index (χ2v) is 5.34. The molecule has 2 N–H and O–H groups in total. The third kappa shape index (κ3) is 2.72. The van der Waals surface area contributed by atoms with E-state index >= 15 is 0 Å². The van der Waals surface area contributed by atoms with E-state index in [2.05, 4.69) is 47.0 Å². The van der Waals surface area contributed by atoms with Crippen molar-refractivity contribution in [2.45, 2.75) is 39.0 Å². The van der Waals surface area contributed by atoms with Gasteiger partial charge in [0.1, 0.15) is 11.6 Å². The number of anilines is 1. The van der Waals surface area contributed by atoms with E-state index in [0.717, 1.165) is 11.6 Å². The highest BCUT2D eigenvalue weighted by Crippen LogP contribution is 2.38. The van der Waals surface area contributed by atoms with Crippen molar-refractivity contribution in [2.24, 2.45) is 0 Å². The van der Waals surface area contributed by atoms with E-state index in [1.165, 1.54) is 29.5 Å². The summed E-state index contributed by atoms with van der Waals surface area (Å²) >= 11 is 0. The molecule has 1 fully saturated rings. The minimum Gasteiger partial charge on any atom is -0.368 e. The summed E-state index contributed by atoms with van der Waals surface area (Å²) in [6, 6.07) is 6.45. The lowest BCUT2D eigenvalue weighted by Crippen LogP contribution is -2.07. The highest BCUT2D eigenvalue weighted by atomic mass is 15.1. The SMILES string of the molecule is Cc1ccc(Cc2nc(N)nc(C3CC3)n2)cc1C. The third-order valence-electron chi connectivity index (χ3n) is 3.59. The fraction of sp³-hybridized carbons (Fsp3) is 0.400. The van der Waals surface area contributed by atoms with Gasteiger partial charge in [-0.05, 0) is 43.4 Å². The van der Waals surface area contributed by atoms with E-state index in [0.29, 0.717) is 18.3 Å². The molecule has 0 saturated heterocycles. The van der Waals surface area contributed by atoms with E-state index in [1.54, 1.807) is 0 Å². The predicted octanol–water partition coefficient (Wildman–Crippen LogP) is 2.54. The van der Waals surface area contributed by atoms with Crippen LogP contribution in [0, 0.1) is 13.8 Å². The van der Waals surface area contributed by atoms with Gasteiger partial charge in [0.15, 0.2) is 0 Å². The molecule has 0 unspecified atom stereocenters. The Morgan fingerprint density at radius 3 is 2.58 bits per heavy atom. The van der Waals surface area contributed by atoms with Crippen LogP contribution in [0.3, 0.4) is 0 Å². The second-order valence-electron chi connectivity index (χ2n) is 5.34. The summed E-state index contributed by atoms with van der Waals surface area (Å²) in [6.07, 6.45) is 3.06. The molecule has 1 aliphatic carbocycles. The summed E-state index contributed by atoms with van der Waals surface area (Å²) in [5.74, 6) is 2.49. The van der Waals surface area contributed by atoms with Crippen molar-refractivity contribution in [1.29, 1.82) is 0 Å². The van der Waals surface area contributed by atoms with Crippen molar-refractivity contribution in [3.63, 3.8) is 0 Å². The van der Waals surface area contributed by atoms with E-state index in [4.69, 9.17) is 5.73 Å². The molecule has 0 spiro atoms. The lowest BCUT2D eigenvalue weighted by molar-refractivity contribution is 0.838. The largest absolute Gasteiger partial charge is 0.368 e. The third-order valence-corrected chi connectivity index (χ3v) is 3.59. The molecule has 0 radical (unpaired) electrons. The first-order chi connectivity index (χ1) is 9.11. The van der Waals surface area contributed by atoms with Crippen LogP contribution in [0.1, 0.15) is 47.1 Å². The van der Waals surface area contributed by atoms with Gasteiger partial charge in [0.05, 0.1) is 0 Å². The van der Waals surface area contributed by atoms with Gasteiger partial charge >= 0.3 is 0 Å². The van der Waals surface area contributed by atoms with Crippen LogP contribution < -0.4 is 5.73 Å². The van der Waals surface area contributed by atoms with E-state index in [-0.39, 0.29) is 0 Å². The Kier molecular flexibility index (Phi) is 2.93. The van der Waals surface area contributed by atoms with Crippen molar-refractivity contribution in [3.8, 4) is 0 Å². The van der Waals surface area contributed by atoms with E-state index < -0.39 is 0 Å². The monoisotopic (exact) mass is 254 g/mol. The van der Waals surface area contributed by atoms with Crippen LogP contribution in [-0.4, -0.2) is 15.0 Å². The summed E-state index contributed by atoms with van der Waals surface area (Å²) in [6.45, 7) is 4.24. The molecule has 1 aromatic carbocycles. The lowest BCUT2D eigenvalue weighted by atomic mass is 10.0. The van der Waals surface area contributed by atoms with Crippen molar-refractivity contribution in [3.05, 3.63) is 46.5 Å². The molecule has 0 amide bonds. The normalized spacial score (nSPS) is 14.6. The Hall–Kier alpha value is -1.97. The van der Waals surface area contributed by atoms with Gasteiger partial charge in [-0.2, -0.15) is 9.97 Å². The van der Waals surface area contributed by atoms with Gasteiger partial charge in [0, 0.05) is 12.3 Å². The van der Waals surface area contributed by atoms with Crippen LogP contribution >= 0.6 is 0 Å². The number of aromatic nitrogens is 3. The number of hydrogen-bond donors (Lipinski definition) is 1. The van der Waals surface area contributed by atoms with Gasteiger partial charge < -0.3 is 5.73 Å². The number of nitrogens with zero attached hydrogens (tertiary/aromatic N) is 3. The van der Waals surface area contributed by atoms with Gasteiger partial charge in [-0.15, -0.1) is 0 Å². The van der Waals surface area contributed by atoms with Crippen molar-refractivity contribution >= 4 is 5.95 Å². The number of rotatable bonds is 3. The lowest BCUT2D eigenvalue weighted by Gasteiger charge is -2.06. The summed E-state index contributed by atoms with van der Waals surface area (Å²) < 4.78 is 0. The first kappa shape index (κ1) is 12.1. The standard InChI is InChI=1S/C15H18N4/c1-9-3-4-11(7-10(9)2)8-13-17-14(12-5-6-12)19-15(16)18-13/h3-4,7,12H,5-6,8H2,1-2H3,(H2,16,17,18,19). The maximum absolute atomic E-state index is 5.77. The molecule has 2 aromatic rings. The number of benzene rings is 1. The molecule has 1 aromatic heterocycles. The second kappa shape index (κ2) is 4.61. The molecule has 0 atom stereocenters. The summed E-state index contributed by atoms with van der Waals surface area (Å²) in [4.78, 5) is 13.0. The first-order valence-electron chi connectivity index (χ1n) is 6.68. The molecule has 1 aliphatic rings. The maximum Gasteiger partial charge on any atom is 0.223 e. The summed E-state index contributed by atoms with van der Waals surface area (Å²) in [5.41, 5.74) is 9.59. The molecule has 4 heteroatoms. The van der Waals surface area contributed by atoms with E-state index in [9.17, 15) is 0 Å². The van der Waals surface area contributed by atoms with Crippen LogP contribution in [0.15, 0.2) is 18.2 Å². The average Bonchev–Trinajstić information content (AvgIpc) is 3.17. The fourth-order valence-corrected chi connectivity index (χ4v) is 2.16. The van der Waals surface area contributed by atoms with Crippen LogP contribution in [0.5, 0.6) is 0 Å². The van der Waals surface area contributed by atoms with Crippen molar-refractivity contribution < 1.29 is 0 Å². The van der Waals surface area contributed by atoms with Crippen LogP contribution in [0.25, 0.3) is 0 Å². The highest BCUT2D eigenvalue weighted by Gasteiger charge is 2.27. The predicted molar refractivity (Wildman–Crippen MR) is 74.9 cm³/mol. The van der Waals surface area contributed by atoms with Crippen LogP contribution in [0.4, 0.5) is 5.95 Å². The minimum atomic E-state index is 0.343. The Morgan fingerprint density at radius 2 is 1.89 bits per heavy atom. The maximum atomic E-state index is 5.77. The zero-order chi connectivity index (χ0) is 13.4. The molecule has 3 rings (SSSR count). The number of hydrogen-bond acceptors (Lipinski definition) is 4. The zero-order valence-electron chi connectivity index (χ0n) is 11.3. The van der Waals surface area contributed by atoms with E-state index in [1.807, 2.05) is 0 Å². The molecule has 19 heavy (non-hydrogen) atoms. The van der Waals surface area contributed by atoms with Crippen LogP contribution in [0.2, 0.25) is 0 Å². The molecule has 0 aliphatic heterocycles. The van der Waals surface area contributed by atoms with Gasteiger partial charge in [-0.25, -0.2) is 4.98 Å². The molecular weight excluding hydrogens is 236 g/mol. The first-order valence-corrected chi connectivity index (χ1v) is 6.68. The summed E-state index contributed by atoms with van der Waals surface area (Å²) in [7, 11) is 0. The molecule has 0 bridgehead atoms.